The highest BCUT2D eigenvalue weighted by Gasteiger charge is 2.08. The fourth-order valence-electron chi connectivity index (χ4n) is 1.82. The van der Waals surface area contributed by atoms with E-state index in [9.17, 15) is 4.79 Å². The lowest BCUT2D eigenvalue weighted by atomic mass is 10.3. The molecule has 1 aromatic carbocycles. The molecule has 94 valence electrons. The van der Waals surface area contributed by atoms with Crippen LogP contribution in [0.2, 0.25) is 0 Å². The topological polar surface area (TPSA) is 57.0 Å². The van der Waals surface area contributed by atoms with Crippen molar-refractivity contribution in [1.82, 2.24) is 14.8 Å². The van der Waals surface area contributed by atoms with E-state index in [1.165, 1.54) is 6.20 Å². The number of benzene rings is 1. The molecule has 0 aliphatic carbocycles. The number of para-hydroxylation sites is 1. The molecule has 0 saturated heterocycles. The van der Waals surface area contributed by atoms with E-state index in [1.807, 2.05) is 24.3 Å². The van der Waals surface area contributed by atoms with E-state index in [-0.39, 0.29) is 6.73 Å². The third-order valence-corrected chi connectivity index (χ3v) is 2.77. The Morgan fingerprint density at radius 1 is 1.16 bits per heavy atom. The number of hydrogen-bond donors (Lipinski definition) is 0. The van der Waals surface area contributed by atoms with Gasteiger partial charge >= 0.3 is 5.97 Å². The standard InChI is InChI=1S/C14H11N3O2/c18-14(12-5-3-7-15-8-12)19-10-17-13-6-2-1-4-11(13)9-16-17/h1-9H,10H2. The van der Waals surface area contributed by atoms with Crippen LogP contribution in [0.25, 0.3) is 10.9 Å². The van der Waals surface area contributed by atoms with Crippen LogP contribution in [-0.2, 0) is 11.5 Å². The Labute approximate surface area is 109 Å². The zero-order chi connectivity index (χ0) is 13.1. The van der Waals surface area contributed by atoms with Crippen LogP contribution in [0.4, 0.5) is 0 Å². The van der Waals surface area contributed by atoms with Crippen molar-refractivity contribution in [2.24, 2.45) is 0 Å². The van der Waals surface area contributed by atoms with E-state index in [2.05, 4.69) is 10.1 Å². The maximum absolute atomic E-state index is 11.8. The molecule has 0 unspecified atom stereocenters. The summed E-state index contributed by atoms with van der Waals surface area (Å²) in [6.45, 7) is 0.0846. The third kappa shape index (κ3) is 2.30. The van der Waals surface area contributed by atoms with Crippen molar-refractivity contribution in [3.05, 3.63) is 60.6 Å². The van der Waals surface area contributed by atoms with Gasteiger partial charge in [0.15, 0.2) is 6.73 Å². The van der Waals surface area contributed by atoms with Gasteiger partial charge in [-0.2, -0.15) is 5.10 Å². The average Bonchev–Trinajstić information content (AvgIpc) is 2.89. The molecule has 3 rings (SSSR count). The Hall–Kier alpha value is -2.69. The Balaban J connectivity index is 1.75. The van der Waals surface area contributed by atoms with Crippen LogP contribution in [0.1, 0.15) is 10.4 Å². The molecule has 0 bridgehead atoms. The molecule has 2 aromatic heterocycles. The molecule has 0 radical (unpaired) electrons. The van der Waals surface area contributed by atoms with Crippen molar-refractivity contribution in [2.75, 3.05) is 0 Å². The van der Waals surface area contributed by atoms with Crippen LogP contribution in [-0.4, -0.2) is 20.7 Å². The molecule has 0 saturated carbocycles. The van der Waals surface area contributed by atoms with Gasteiger partial charge in [0.2, 0.25) is 0 Å². The van der Waals surface area contributed by atoms with Gasteiger partial charge in [0.25, 0.3) is 0 Å². The summed E-state index contributed by atoms with van der Waals surface area (Å²) in [5, 5.41) is 5.20. The number of nitrogens with zero attached hydrogens (tertiary/aromatic N) is 3. The second-order valence-electron chi connectivity index (χ2n) is 4.01. The quantitative estimate of drug-likeness (QED) is 0.672. The smallest absolute Gasteiger partial charge is 0.341 e. The van der Waals surface area contributed by atoms with Gasteiger partial charge in [-0.05, 0) is 18.2 Å². The van der Waals surface area contributed by atoms with Gasteiger partial charge < -0.3 is 4.74 Å². The maximum Gasteiger partial charge on any atom is 0.341 e. The van der Waals surface area contributed by atoms with Crippen molar-refractivity contribution in [1.29, 1.82) is 0 Å². The molecular formula is C14H11N3O2. The molecule has 5 heteroatoms. The highest BCUT2D eigenvalue weighted by molar-refractivity contribution is 5.88. The molecular weight excluding hydrogens is 242 g/mol. The number of aromatic nitrogens is 3. The van der Waals surface area contributed by atoms with Crippen LogP contribution in [0.5, 0.6) is 0 Å². The van der Waals surface area contributed by atoms with Crippen molar-refractivity contribution < 1.29 is 9.53 Å². The van der Waals surface area contributed by atoms with E-state index in [1.54, 1.807) is 29.2 Å². The van der Waals surface area contributed by atoms with Crippen LogP contribution in [0, 0.1) is 0 Å². The van der Waals surface area contributed by atoms with Crippen LogP contribution in [0.3, 0.4) is 0 Å². The molecule has 19 heavy (non-hydrogen) atoms. The predicted molar refractivity (Wildman–Crippen MR) is 69.4 cm³/mol. The third-order valence-electron chi connectivity index (χ3n) is 2.77. The second kappa shape index (κ2) is 4.89. The second-order valence-corrected chi connectivity index (χ2v) is 4.01. The SMILES string of the molecule is O=C(OCn1ncc2ccccc21)c1cccnc1. The van der Waals surface area contributed by atoms with Gasteiger partial charge in [-0.3, -0.25) is 4.98 Å². The molecule has 0 fully saturated rings. The zero-order valence-corrected chi connectivity index (χ0v) is 10.1. The zero-order valence-electron chi connectivity index (χ0n) is 10.1. The lowest BCUT2D eigenvalue weighted by Crippen LogP contribution is -2.10. The number of hydrogen-bond acceptors (Lipinski definition) is 4. The summed E-state index contributed by atoms with van der Waals surface area (Å²) >= 11 is 0. The Kier molecular flexibility index (Phi) is 2.94. The lowest BCUT2D eigenvalue weighted by molar-refractivity contribution is 0.0357. The van der Waals surface area contributed by atoms with Crippen LogP contribution in [0.15, 0.2) is 55.0 Å². The number of carbonyl (C=O) groups is 1. The summed E-state index contributed by atoms with van der Waals surface area (Å²) in [6, 6.07) is 11.1. The summed E-state index contributed by atoms with van der Waals surface area (Å²) < 4.78 is 6.84. The van der Waals surface area contributed by atoms with E-state index in [0.717, 1.165) is 10.9 Å². The summed E-state index contributed by atoms with van der Waals surface area (Å²) in [6.07, 6.45) is 4.83. The van der Waals surface area contributed by atoms with Crippen molar-refractivity contribution in [2.45, 2.75) is 6.73 Å². The monoisotopic (exact) mass is 253 g/mol. The number of rotatable bonds is 3. The first kappa shape index (κ1) is 11.4. The number of carbonyl (C=O) groups excluding carboxylic acids is 1. The molecule has 0 spiro atoms. The predicted octanol–water partition coefficient (Wildman–Crippen LogP) is 2.25. The van der Waals surface area contributed by atoms with Gasteiger partial charge in [0.05, 0.1) is 17.3 Å². The Morgan fingerprint density at radius 3 is 2.89 bits per heavy atom. The van der Waals surface area contributed by atoms with E-state index in [0.29, 0.717) is 5.56 Å². The summed E-state index contributed by atoms with van der Waals surface area (Å²) in [5.41, 5.74) is 1.36. The van der Waals surface area contributed by atoms with Crippen LogP contribution >= 0.6 is 0 Å². The number of fused-ring (bicyclic) bond motifs is 1. The molecule has 3 aromatic rings. The van der Waals surface area contributed by atoms with E-state index < -0.39 is 5.97 Å². The maximum atomic E-state index is 11.8. The fourth-order valence-corrected chi connectivity index (χ4v) is 1.82. The van der Waals surface area contributed by atoms with Gasteiger partial charge in [0.1, 0.15) is 0 Å². The van der Waals surface area contributed by atoms with E-state index in [4.69, 9.17) is 4.74 Å². The lowest BCUT2D eigenvalue weighted by Gasteiger charge is -2.05. The number of esters is 1. The highest BCUT2D eigenvalue weighted by Crippen LogP contribution is 2.12. The minimum atomic E-state index is -0.410. The molecule has 0 N–H and O–H groups in total. The fraction of sp³-hybridized carbons (Fsp3) is 0.0714. The van der Waals surface area contributed by atoms with E-state index >= 15 is 0 Å². The van der Waals surface area contributed by atoms with Crippen molar-refractivity contribution in [3.8, 4) is 0 Å². The Morgan fingerprint density at radius 2 is 2.05 bits per heavy atom. The molecule has 0 aliphatic heterocycles. The summed E-state index contributed by atoms with van der Waals surface area (Å²) in [5.74, 6) is -0.410. The van der Waals surface area contributed by atoms with Crippen LogP contribution < -0.4 is 0 Å². The molecule has 0 aliphatic rings. The van der Waals surface area contributed by atoms with Gasteiger partial charge in [-0.25, -0.2) is 9.48 Å². The van der Waals surface area contributed by atoms with Crippen molar-refractivity contribution in [3.63, 3.8) is 0 Å². The molecule has 0 amide bonds. The largest absolute Gasteiger partial charge is 0.439 e. The minimum absolute atomic E-state index is 0.0846. The number of pyridine rings is 1. The normalized spacial score (nSPS) is 10.5. The molecule has 0 atom stereocenters. The van der Waals surface area contributed by atoms with Gasteiger partial charge in [-0.1, -0.05) is 18.2 Å². The first-order valence-electron chi connectivity index (χ1n) is 5.82. The highest BCUT2D eigenvalue weighted by atomic mass is 16.5. The Bertz CT molecular complexity index is 707. The minimum Gasteiger partial charge on any atom is -0.439 e. The van der Waals surface area contributed by atoms with Gasteiger partial charge in [-0.15, -0.1) is 0 Å². The first-order chi connectivity index (χ1) is 9.34. The summed E-state index contributed by atoms with van der Waals surface area (Å²) in [4.78, 5) is 15.7. The molecule has 5 nitrogen and oxygen atoms in total. The first-order valence-corrected chi connectivity index (χ1v) is 5.82. The molecule has 2 heterocycles. The van der Waals surface area contributed by atoms with Gasteiger partial charge in [0, 0.05) is 17.8 Å². The van der Waals surface area contributed by atoms with Crippen molar-refractivity contribution >= 4 is 16.9 Å². The average molecular weight is 253 g/mol. The summed E-state index contributed by atoms with van der Waals surface area (Å²) in [7, 11) is 0. The number of ether oxygens (including phenoxy) is 1.